The molecule has 3 heterocycles. The molecule has 3 rings (SSSR count). The SMILES string of the molecule is CC1CNCCN1C(=O)c1ccnc(N2CCN(C)CC2)c1.Cl.Cl. The zero-order valence-electron chi connectivity index (χ0n) is 14.3. The minimum Gasteiger partial charge on any atom is -0.354 e. The van der Waals surface area contributed by atoms with Crippen LogP contribution in [0.25, 0.3) is 0 Å². The van der Waals surface area contributed by atoms with E-state index in [1.165, 1.54) is 0 Å². The Morgan fingerprint density at radius 1 is 1.21 bits per heavy atom. The summed E-state index contributed by atoms with van der Waals surface area (Å²) < 4.78 is 0. The highest BCUT2D eigenvalue weighted by atomic mass is 35.5. The Kier molecular flexibility index (Phi) is 8.22. The van der Waals surface area contributed by atoms with Crippen molar-refractivity contribution in [1.82, 2.24) is 20.1 Å². The van der Waals surface area contributed by atoms with E-state index in [0.29, 0.717) is 0 Å². The number of aromatic nitrogens is 1. The average Bonchev–Trinajstić information content (AvgIpc) is 2.55. The van der Waals surface area contributed by atoms with Gasteiger partial charge in [0.2, 0.25) is 0 Å². The molecule has 2 aliphatic heterocycles. The van der Waals surface area contributed by atoms with Gasteiger partial charge in [0.25, 0.3) is 5.91 Å². The van der Waals surface area contributed by atoms with Gasteiger partial charge in [0, 0.05) is 63.6 Å². The average molecular weight is 376 g/mol. The van der Waals surface area contributed by atoms with E-state index in [4.69, 9.17) is 0 Å². The summed E-state index contributed by atoms with van der Waals surface area (Å²) in [6.07, 6.45) is 1.76. The molecular formula is C16H27Cl2N5O. The fraction of sp³-hybridized carbons (Fsp3) is 0.625. The molecule has 1 aromatic rings. The standard InChI is InChI=1S/C16H25N5O.2ClH/c1-13-12-17-5-6-21(13)16(22)14-3-4-18-15(11-14)20-9-7-19(2)8-10-20;;/h3-4,11,13,17H,5-10,12H2,1-2H3;2*1H. The maximum absolute atomic E-state index is 12.7. The zero-order chi connectivity index (χ0) is 15.5. The van der Waals surface area contributed by atoms with Crippen molar-refractivity contribution in [1.29, 1.82) is 0 Å². The molecule has 0 aliphatic carbocycles. The second kappa shape index (κ2) is 9.42. The first kappa shape index (κ1) is 21.0. The largest absolute Gasteiger partial charge is 0.354 e. The van der Waals surface area contributed by atoms with E-state index >= 15 is 0 Å². The van der Waals surface area contributed by atoms with Crippen LogP contribution in [0.15, 0.2) is 18.3 Å². The predicted molar refractivity (Wildman–Crippen MR) is 102 cm³/mol. The van der Waals surface area contributed by atoms with Crippen LogP contribution < -0.4 is 10.2 Å². The third-order valence-electron chi connectivity index (χ3n) is 4.58. The number of hydrogen-bond acceptors (Lipinski definition) is 5. The van der Waals surface area contributed by atoms with Gasteiger partial charge in [-0.25, -0.2) is 4.98 Å². The molecule has 24 heavy (non-hydrogen) atoms. The minimum absolute atomic E-state index is 0. The first-order valence-corrected chi connectivity index (χ1v) is 8.06. The molecule has 0 aromatic carbocycles. The molecular weight excluding hydrogens is 349 g/mol. The molecule has 0 radical (unpaired) electrons. The van der Waals surface area contributed by atoms with Crippen LogP contribution in [0.4, 0.5) is 5.82 Å². The minimum atomic E-state index is 0. The smallest absolute Gasteiger partial charge is 0.254 e. The zero-order valence-corrected chi connectivity index (χ0v) is 15.9. The van der Waals surface area contributed by atoms with Crippen LogP contribution in [0, 0.1) is 0 Å². The summed E-state index contributed by atoms with van der Waals surface area (Å²) in [6.45, 7) is 8.59. The quantitative estimate of drug-likeness (QED) is 0.838. The first-order valence-electron chi connectivity index (χ1n) is 8.06. The van der Waals surface area contributed by atoms with Gasteiger partial charge in [0.15, 0.2) is 0 Å². The van der Waals surface area contributed by atoms with Crippen LogP contribution in [0.3, 0.4) is 0 Å². The monoisotopic (exact) mass is 375 g/mol. The summed E-state index contributed by atoms with van der Waals surface area (Å²) in [4.78, 5) is 23.7. The summed E-state index contributed by atoms with van der Waals surface area (Å²) in [5.41, 5.74) is 0.748. The lowest BCUT2D eigenvalue weighted by molar-refractivity contribution is 0.0655. The summed E-state index contributed by atoms with van der Waals surface area (Å²) in [5.74, 6) is 1.04. The number of likely N-dealkylation sites (N-methyl/N-ethyl adjacent to an activating group) is 1. The molecule has 1 aromatic heterocycles. The number of nitrogens with zero attached hydrogens (tertiary/aromatic N) is 4. The summed E-state index contributed by atoms with van der Waals surface area (Å²) in [5, 5.41) is 3.32. The topological polar surface area (TPSA) is 51.7 Å². The number of carbonyl (C=O) groups is 1. The highest BCUT2D eigenvalue weighted by molar-refractivity contribution is 5.95. The number of pyridine rings is 1. The molecule has 1 amide bonds. The molecule has 0 bridgehead atoms. The Hall–Kier alpha value is -1.08. The molecule has 1 N–H and O–H groups in total. The van der Waals surface area contributed by atoms with Crippen LogP contribution in [-0.4, -0.2) is 79.6 Å². The van der Waals surface area contributed by atoms with Crippen molar-refractivity contribution in [2.45, 2.75) is 13.0 Å². The number of piperazine rings is 2. The van der Waals surface area contributed by atoms with Crippen molar-refractivity contribution in [3.8, 4) is 0 Å². The summed E-state index contributed by atoms with van der Waals surface area (Å²) in [6, 6.07) is 4.01. The van der Waals surface area contributed by atoms with E-state index in [1.54, 1.807) is 6.20 Å². The van der Waals surface area contributed by atoms with Gasteiger partial charge in [0.1, 0.15) is 5.82 Å². The van der Waals surface area contributed by atoms with Crippen LogP contribution >= 0.6 is 24.8 Å². The fourth-order valence-electron chi connectivity index (χ4n) is 3.07. The fourth-order valence-corrected chi connectivity index (χ4v) is 3.07. The highest BCUT2D eigenvalue weighted by Crippen LogP contribution is 2.17. The molecule has 2 fully saturated rings. The Morgan fingerprint density at radius 2 is 1.92 bits per heavy atom. The molecule has 2 aliphatic rings. The number of amides is 1. The Balaban J connectivity index is 0.00000144. The third kappa shape index (κ3) is 4.72. The van der Waals surface area contributed by atoms with Gasteiger partial charge in [-0.15, -0.1) is 24.8 Å². The molecule has 6 nitrogen and oxygen atoms in total. The van der Waals surface area contributed by atoms with Crippen LogP contribution in [0.1, 0.15) is 17.3 Å². The van der Waals surface area contributed by atoms with Crippen molar-refractivity contribution in [3.63, 3.8) is 0 Å². The van der Waals surface area contributed by atoms with Gasteiger partial charge in [-0.2, -0.15) is 0 Å². The third-order valence-corrected chi connectivity index (χ3v) is 4.58. The highest BCUT2D eigenvalue weighted by Gasteiger charge is 2.25. The Morgan fingerprint density at radius 3 is 2.58 bits per heavy atom. The van der Waals surface area contributed by atoms with Crippen LogP contribution in [-0.2, 0) is 0 Å². The Labute approximate surface area is 156 Å². The molecule has 0 saturated carbocycles. The summed E-state index contributed by atoms with van der Waals surface area (Å²) >= 11 is 0. The van der Waals surface area contributed by atoms with Gasteiger partial charge >= 0.3 is 0 Å². The molecule has 0 spiro atoms. The van der Waals surface area contributed by atoms with E-state index in [-0.39, 0.29) is 36.8 Å². The van der Waals surface area contributed by atoms with E-state index in [2.05, 4.69) is 34.1 Å². The maximum atomic E-state index is 12.7. The van der Waals surface area contributed by atoms with Crippen molar-refractivity contribution in [3.05, 3.63) is 23.9 Å². The second-order valence-corrected chi connectivity index (χ2v) is 6.24. The van der Waals surface area contributed by atoms with Gasteiger partial charge in [-0.05, 0) is 26.1 Å². The van der Waals surface area contributed by atoms with Crippen LogP contribution in [0.5, 0.6) is 0 Å². The van der Waals surface area contributed by atoms with Gasteiger partial charge in [-0.3, -0.25) is 4.79 Å². The van der Waals surface area contributed by atoms with E-state index < -0.39 is 0 Å². The lowest BCUT2D eigenvalue weighted by Gasteiger charge is -2.35. The molecule has 2 saturated heterocycles. The van der Waals surface area contributed by atoms with Crippen molar-refractivity contribution in [2.24, 2.45) is 0 Å². The number of carbonyl (C=O) groups excluding carboxylic acids is 1. The number of anilines is 1. The van der Waals surface area contributed by atoms with E-state index in [9.17, 15) is 4.79 Å². The van der Waals surface area contributed by atoms with E-state index in [1.807, 2.05) is 17.0 Å². The van der Waals surface area contributed by atoms with Crippen molar-refractivity contribution < 1.29 is 4.79 Å². The van der Waals surface area contributed by atoms with Crippen molar-refractivity contribution in [2.75, 3.05) is 57.8 Å². The lowest BCUT2D eigenvalue weighted by atomic mass is 10.1. The van der Waals surface area contributed by atoms with Gasteiger partial charge < -0.3 is 20.0 Å². The Bertz CT molecular complexity index is 537. The second-order valence-electron chi connectivity index (χ2n) is 6.24. The van der Waals surface area contributed by atoms with E-state index in [0.717, 1.165) is 57.2 Å². The molecule has 1 atom stereocenters. The van der Waals surface area contributed by atoms with Gasteiger partial charge in [-0.1, -0.05) is 0 Å². The van der Waals surface area contributed by atoms with Crippen LogP contribution in [0.2, 0.25) is 0 Å². The summed E-state index contributed by atoms with van der Waals surface area (Å²) in [7, 11) is 2.14. The number of rotatable bonds is 2. The maximum Gasteiger partial charge on any atom is 0.254 e. The number of hydrogen-bond donors (Lipinski definition) is 1. The molecule has 136 valence electrons. The lowest BCUT2D eigenvalue weighted by Crippen LogP contribution is -2.52. The molecule has 1 unspecified atom stereocenters. The number of nitrogens with one attached hydrogen (secondary N) is 1. The molecule has 8 heteroatoms. The predicted octanol–water partition coefficient (Wildman–Crippen LogP) is 1.11. The van der Waals surface area contributed by atoms with Gasteiger partial charge in [0.05, 0.1) is 0 Å². The number of halogens is 2. The normalized spacial score (nSPS) is 21.7. The first-order chi connectivity index (χ1) is 10.6. The van der Waals surface area contributed by atoms with Crippen molar-refractivity contribution >= 4 is 36.5 Å².